The van der Waals surface area contributed by atoms with Crippen molar-refractivity contribution in [3.05, 3.63) is 24.3 Å². The average Bonchev–Trinajstić information content (AvgIpc) is 2.39. The number of carbonyl (C=O) groups is 1. The van der Waals surface area contributed by atoms with Gasteiger partial charge in [0.05, 0.1) is 0 Å². The van der Waals surface area contributed by atoms with Gasteiger partial charge in [-0.2, -0.15) is 0 Å². The lowest BCUT2D eigenvalue weighted by Gasteiger charge is -2.25. The Hall–Kier alpha value is -1.71. The minimum atomic E-state index is -0.304. The minimum Gasteiger partial charge on any atom is -0.482 e. The second-order valence-electron chi connectivity index (χ2n) is 5.23. The number of ether oxygens (including phenoxy) is 2. The highest BCUT2D eigenvalue weighted by molar-refractivity contribution is 5.71. The van der Waals surface area contributed by atoms with Gasteiger partial charge in [0.15, 0.2) is 6.61 Å². The van der Waals surface area contributed by atoms with E-state index in [-0.39, 0.29) is 18.7 Å². The summed E-state index contributed by atoms with van der Waals surface area (Å²) in [6.07, 6.45) is 4.26. The number of anilines is 1. The number of rotatable bonds is 4. The summed E-state index contributed by atoms with van der Waals surface area (Å²) in [4.78, 5) is 11.7. The molecule has 0 atom stereocenters. The number of carbonyl (C=O) groups excluding carboxylic acids is 1. The van der Waals surface area contributed by atoms with Gasteiger partial charge < -0.3 is 15.2 Å². The largest absolute Gasteiger partial charge is 0.482 e. The van der Waals surface area contributed by atoms with E-state index in [1.54, 1.807) is 24.3 Å². The number of hydrogen-bond acceptors (Lipinski definition) is 4. The van der Waals surface area contributed by atoms with Crippen molar-refractivity contribution in [1.29, 1.82) is 0 Å². The third-order valence-corrected chi connectivity index (χ3v) is 3.48. The van der Waals surface area contributed by atoms with Gasteiger partial charge in [-0.25, -0.2) is 4.79 Å². The molecular weight excluding hydrogens is 242 g/mol. The summed E-state index contributed by atoms with van der Waals surface area (Å²) < 4.78 is 10.8. The lowest BCUT2D eigenvalue weighted by molar-refractivity contribution is -0.153. The smallest absolute Gasteiger partial charge is 0.344 e. The van der Waals surface area contributed by atoms with Crippen molar-refractivity contribution in [2.75, 3.05) is 12.3 Å². The predicted octanol–water partition coefficient (Wildman–Crippen LogP) is 2.77. The number of hydrogen-bond donors (Lipinski definition) is 1. The van der Waals surface area contributed by atoms with E-state index in [4.69, 9.17) is 15.2 Å². The Bertz CT molecular complexity index is 425. The first kappa shape index (κ1) is 13.7. The first-order chi connectivity index (χ1) is 9.13. The van der Waals surface area contributed by atoms with Crippen LogP contribution in [0.3, 0.4) is 0 Å². The molecule has 2 N–H and O–H groups in total. The van der Waals surface area contributed by atoms with Crippen molar-refractivity contribution < 1.29 is 14.3 Å². The van der Waals surface area contributed by atoms with Gasteiger partial charge in [0, 0.05) is 11.8 Å². The van der Waals surface area contributed by atoms with Crippen LogP contribution in [-0.4, -0.2) is 18.7 Å². The molecule has 2 rings (SSSR count). The maximum absolute atomic E-state index is 11.7. The molecule has 19 heavy (non-hydrogen) atoms. The Balaban J connectivity index is 1.73. The molecule has 4 nitrogen and oxygen atoms in total. The molecule has 0 aromatic heterocycles. The van der Waals surface area contributed by atoms with Crippen LogP contribution < -0.4 is 10.5 Å². The van der Waals surface area contributed by atoms with E-state index in [0.29, 0.717) is 11.4 Å². The van der Waals surface area contributed by atoms with E-state index in [0.717, 1.165) is 31.6 Å². The van der Waals surface area contributed by atoms with Crippen LogP contribution in [0.1, 0.15) is 32.6 Å². The normalized spacial score (nSPS) is 22.8. The standard InChI is InChI=1S/C15H21NO3/c1-11-5-7-13(8-6-11)19-15(17)10-18-14-4-2-3-12(16)9-14/h2-4,9,11,13H,5-8,10,16H2,1H3. The summed E-state index contributed by atoms with van der Waals surface area (Å²) in [5, 5.41) is 0. The first-order valence-corrected chi connectivity index (χ1v) is 6.81. The average molecular weight is 263 g/mol. The summed E-state index contributed by atoms with van der Waals surface area (Å²) in [7, 11) is 0. The number of benzene rings is 1. The number of nitrogens with two attached hydrogens (primary N) is 1. The van der Waals surface area contributed by atoms with Crippen LogP contribution in [0.25, 0.3) is 0 Å². The number of nitrogen functional groups attached to an aromatic ring is 1. The van der Waals surface area contributed by atoms with Crippen LogP contribution in [-0.2, 0) is 9.53 Å². The zero-order chi connectivity index (χ0) is 13.7. The van der Waals surface area contributed by atoms with Gasteiger partial charge in [-0.1, -0.05) is 13.0 Å². The Morgan fingerprint density at radius 3 is 2.74 bits per heavy atom. The maximum atomic E-state index is 11.7. The molecule has 1 fully saturated rings. The summed E-state index contributed by atoms with van der Waals surface area (Å²) in [5.74, 6) is 1.04. The molecule has 0 amide bonds. The first-order valence-electron chi connectivity index (χ1n) is 6.81. The maximum Gasteiger partial charge on any atom is 0.344 e. The van der Waals surface area contributed by atoms with Crippen molar-refractivity contribution >= 4 is 11.7 Å². The molecule has 0 aliphatic heterocycles. The van der Waals surface area contributed by atoms with E-state index < -0.39 is 0 Å². The highest BCUT2D eigenvalue weighted by Gasteiger charge is 2.21. The van der Waals surface area contributed by atoms with Gasteiger partial charge >= 0.3 is 5.97 Å². The molecule has 1 aromatic rings. The molecule has 104 valence electrons. The van der Waals surface area contributed by atoms with Gasteiger partial charge in [0.2, 0.25) is 0 Å². The van der Waals surface area contributed by atoms with Crippen molar-refractivity contribution in [3.8, 4) is 5.75 Å². The zero-order valence-electron chi connectivity index (χ0n) is 11.3. The van der Waals surface area contributed by atoms with E-state index in [9.17, 15) is 4.79 Å². The summed E-state index contributed by atoms with van der Waals surface area (Å²) in [6.45, 7) is 2.18. The molecule has 1 saturated carbocycles. The Kier molecular flexibility index (Phi) is 4.66. The molecule has 1 aliphatic rings. The third-order valence-electron chi connectivity index (χ3n) is 3.48. The molecule has 0 spiro atoms. The molecule has 0 unspecified atom stereocenters. The summed E-state index contributed by atoms with van der Waals surface area (Å²) >= 11 is 0. The van der Waals surface area contributed by atoms with Crippen molar-refractivity contribution in [1.82, 2.24) is 0 Å². The molecular formula is C15H21NO3. The predicted molar refractivity (Wildman–Crippen MR) is 73.9 cm³/mol. The Morgan fingerprint density at radius 2 is 2.05 bits per heavy atom. The van der Waals surface area contributed by atoms with Gasteiger partial charge in [0.1, 0.15) is 11.9 Å². The van der Waals surface area contributed by atoms with E-state index in [2.05, 4.69) is 6.92 Å². The van der Waals surface area contributed by atoms with E-state index >= 15 is 0 Å². The molecule has 0 heterocycles. The monoisotopic (exact) mass is 263 g/mol. The second-order valence-corrected chi connectivity index (χ2v) is 5.23. The van der Waals surface area contributed by atoms with E-state index in [1.165, 1.54) is 0 Å². The lowest BCUT2D eigenvalue weighted by Crippen LogP contribution is -2.26. The zero-order valence-corrected chi connectivity index (χ0v) is 11.3. The van der Waals surface area contributed by atoms with Gasteiger partial charge in [0.25, 0.3) is 0 Å². The van der Waals surface area contributed by atoms with Gasteiger partial charge in [-0.3, -0.25) is 0 Å². The SMILES string of the molecule is CC1CCC(OC(=O)COc2cccc(N)c2)CC1. The van der Waals surface area contributed by atoms with E-state index in [1.807, 2.05) is 0 Å². The Morgan fingerprint density at radius 1 is 1.32 bits per heavy atom. The van der Waals surface area contributed by atoms with Crippen molar-refractivity contribution in [2.45, 2.75) is 38.7 Å². The third kappa shape index (κ3) is 4.47. The van der Waals surface area contributed by atoms with Crippen LogP contribution in [0.15, 0.2) is 24.3 Å². The van der Waals surface area contributed by atoms with Crippen LogP contribution in [0.4, 0.5) is 5.69 Å². The lowest BCUT2D eigenvalue weighted by atomic mass is 9.89. The highest BCUT2D eigenvalue weighted by atomic mass is 16.6. The van der Waals surface area contributed by atoms with Crippen LogP contribution in [0.5, 0.6) is 5.75 Å². The Labute approximate surface area is 113 Å². The quantitative estimate of drug-likeness (QED) is 0.670. The molecule has 1 aromatic carbocycles. The number of esters is 1. The highest BCUT2D eigenvalue weighted by Crippen LogP contribution is 2.25. The molecule has 1 aliphatic carbocycles. The summed E-state index contributed by atoms with van der Waals surface area (Å²) in [5.41, 5.74) is 6.25. The second kappa shape index (κ2) is 6.45. The van der Waals surface area contributed by atoms with Crippen molar-refractivity contribution in [3.63, 3.8) is 0 Å². The fraction of sp³-hybridized carbons (Fsp3) is 0.533. The fourth-order valence-electron chi connectivity index (χ4n) is 2.31. The van der Waals surface area contributed by atoms with Crippen LogP contribution in [0, 0.1) is 5.92 Å². The van der Waals surface area contributed by atoms with Crippen LogP contribution >= 0.6 is 0 Å². The van der Waals surface area contributed by atoms with Gasteiger partial charge in [-0.05, 0) is 43.7 Å². The fourth-order valence-corrected chi connectivity index (χ4v) is 2.31. The topological polar surface area (TPSA) is 61.5 Å². The molecule has 0 saturated heterocycles. The van der Waals surface area contributed by atoms with Gasteiger partial charge in [-0.15, -0.1) is 0 Å². The molecule has 4 heteroatoms. The molecule has 0 bridgehead atoms. The van der Waals surface area contributed by atoms with Crippen LogP contribution in [0.2, 0.25) is 0 Å². The summed E-state index contributed by atoms with van der Waals surface area (Å²) in [6, 6.07) is 7.02. The minimum absolute atomic E-state index is 0.0600. The molecule has 0 radical (unpaired) electrons. The van der Waals surface area contributed by atoms with Crippen molar-refractivity contribution in [2.24, 2.45) is 5.92 Å².